The molecular weight excluding hydrogens is 510 g/mol. The Morgan fingerprint density at radius 3 is 2.21 bits per heavy atom. The molecule has 0 atom stereocenters. The smallest absolute Gasteiger partial charge is 0.280 e. The van der Waals surface area contributed by atoms with Crippen LogP contribution in [0, 0.1) is 32.7 Å². The van der Waals surface area contributed by atoms with Crippen LogP contribution in [0.2, 0.25) is 0 Å². The molecular formula is C19H12F5IN2O2. The lowest BCUT2D eigenvalue weighted by molar-refractivity contribution is -0.114. The van der Waals surface area contributed by atoms with E-state index in [9.17, 15) is 26.7 Å². The van der Waals surface area contributed by atoms with E-state index >= 15 is 0 Å². The van der Waals surface area contributed by atoms with Gasteiger partial charge in [0.2, 0.25) is 5.82 Å². The van der Waals surface area contributed by atoms with Crippen molar-refractivity contribution in [2.75, 3.05) is 11.6 Å². The van der Waals surface area contributed by atoms with Crippen molar-refractivity contribution in [1.82, 2.24) is 0 Å². The summed E-state index contributed by atoms with van der Waals surface area (Å²) >= 11 is 2.04. The van der Waals surface area contributed by atoms with Crippen LogP contribution in [0.15, 0.2) is 28.9 Å². The fourth-order valence-corrected chi connectivity index (χ4v) is 3.36. The van der Waals surface area contributed by atoms with Gasteiger partial charge in [0.05, 0.1) is 21.5 Å². The average molecular weight is 522 g/mol. The Morgan fingerprint density at radius 1 is 1.07 bits per heavy atom. The van der Waals surface area contributed by atoms with Crippen molar-refractivity contribution in [3.8, 4) is 5.75 Å². The van der Waals surface area contributed by atoms with Gasteiger partial charge in [-0.2, -0.15) is 10.1 Å². The van der Waals surface area contributed by atoms with Gasteiger partial charge in [0, 0.05) is 0 Å². The number of benzene rings is 2. The van der Waals surface area contributed by atoms with Crippen LogP contribution < -0.4 is 9.75 Å². The molecule has 0 bridgehead atoms. The number of hydrogen-bond acceptors (Lipinski definition) is 3. The van der Waals surface area contributed by atoms with E-state index in [-0.39, 0.29) is 16.3 Å². The van der Waals surface area contributed by atoms with Gasteiger partial charge in [-0.3, -0.25) is 4.79 Å². The molecule has 4 nitrogen and oxygen atoms in total. The second-order valence-corrected chi connectivity index (χ2v) is 7.06. The molecule has 0 fully saturated rings. The van der Waals surface area contributed by atoms with Crippen molar-refractivity contribution < 1.29 is 31.5 Å². The number of amides is 1. The molecule has 0 aliphatic carbocycles. The second kappa shape index (κ2) is 8.09. The highest BCUT2D eigenvalue weighted by Crippen LogP contribution is 2.34. The number of ether oxygens (including phenoxy) is 1. The van der Waals surface area contributed by atoms with E-state index in [0.717, 1.165) is 3.57 Å². The van der Waals surface area contributed by atoms with Crippen LogP contribution in [0.25, 0.3) is 6.08 Å². The molecule has 1 amide bonds. The molecule has 0 aromatic heterocycles. The molecule has 3 rings (SSSR count). The van der Waals surface area contributed by atoms with Gasteiger partial charge in [-0.1, -0.05) is 6.07 Å². The third kappa shape index (κ3) is 3.72. The minimum Gasteiger partial charge on any atom is -0.493 e. The molecule has 2 aromatic carbocycles. The molecule has 1 aliphatic rings. The third-order valence-corrected chi connectivity index (χ3v) is 4.87. The number of carbonyl (C=O) groups excluding carboxylic acids is 1. The Bertz CT molecular complexity index is 1060. The highest BCUT2D eigenvalue weighted by atomic mass is 127. The minimum atomic E-state index is -2.31. The number of carbonyl (C=O) groups is 1. The lowest BCUT2D eigenvalue weighted by Gasteiger charge is -2.15. The van der Waals surface area contributed by atoms with Crippen molar-refractivity contribution >= 4 is 46.0 Å². The summed E-state index contributed by atoms with van der Waals surface area (Å²) in [6.07, 6.45) is 1.41. The number of hydrogen-bond donors (Lipinski definition) is 0. The first kappa shape index (κ1) is 21.2. The van der Waals surface area contributed by atoms with Crippen LogP contribution in [0.1, 0.15) is 19.4 Å². The molecule has 0 saturated carbocycles. The summed E-state index contributed by atoms with van der Waals surface area (Å²) in [7, 11) is 0. The maximum atomic E-state index is 14.1. The molecule has 2 aromatic rings. The van der Waals surface area contributed by atoms with Gasteiger partial charge in [0.15, 0.2) is 23.3 Å². The molecule has 152 valence electrons. The third-order valence-electron chi connectivity index (χ3n) is 4.03. The van der Waals surface area contributed by atoms with Crippen LogP contribution in [-0.4, -0.2) is 18.2 Å². The van der Waals surface area contributed by atoms with Crippen LogP contribution in [0.5, 0.6) is 5.75 Å². The van der Waals surface area contributed by atoms with E-state index in [2.05, 4.69) is 5.10 Å². The first-order chi connectivity index (χ1) is 13.7. The Kier molecular flexibility index (Phi) is 5.92. The highest BCUT2D eigenvalue weighted by molar-refractivity contribution is 14.1. The first-order valence-corrected chi connectivity index (χ1v) is 9.30. The minimum absolute atomic E-state index is 0.0473. The quantitative estimate of drug-likeness (QED) is 0.183. The maximum Gasteiger partial charge on any atom is 0.280 e. The summed E-state index contributed by atoms with van der Waals surface area (Å²) in [5.74, 6) is -11.3. The number of rotatable bonds is 4. The Morgan fingerprint density at radius 2 is 1.66 bits per heavy atom. The van der Waals surface area contributed by atoms with Crippen LogP contribution in [-0.2, 0) is 4.79 Å². The number of nitrogens with zero attached hydrogens (tertiary/aromatic N) is 2. The SMILES string of the molecule is CCOc1ccc(/C=C2/C(=O)N(c3c(F)c(F)c(F)c(F)c3F)N=C2C)cc1I. The molecule has 29 heavy (non-hydrogen) atoms. The van der Waals surface area contributed by atoms with Gasteiger partial charge in [-0.15, -0.1) is 0 Å². The second-order valence-electron chi connectivity index (χ2n) is 5.90. The molecule has 0 radical (unpaired) electrons. The normalized spacial score (nSPS) is 15.3. The van der Waals surface area contributed by atoms with E-state index in [1.807, 2.05) is 29.5 Å². The van der Waals surface area contributed by atoms with Gasteiger partial charge < -0.3 is 4.74 Å². The Balaban J connectivity index is 2.03. The fourth-order valence-electron chi connectivity index (χ4n) is 2.66. The average Bonchev–Trinajstić information content (AvgIpc) is 2.95. The zero-order valence-electron chi connectivity index (χ0n) is 15.0. The molecule has 0 N–H and O–H groups in total. The first-order valence-electron chi connectivity index (χ1n) is 8.22. The van der Waals surface area contributed by atoms with E-state index in [0.29, 0.717) is 17.9 Å². The zero-order chi connectivity index (χ0) is 21.5. The molecule has 0 unspecified atom stereocenters. The van der Waals surface area contributed by atoms with Crippen molar-refractivity contribution in [2.45, 2.75) is 13.8 Å². The molecule has 1 heterocycles. The van der Waals surface area contributed by atoms with Crippen molar-refractivity contribution in [2.24, 2.45) is 5.10 Å². The largest absolute Gasteiger partial charge is 0.493 e. The predicted molar refractivity (Wildman–Crippen MR) is 105 cm³/mol. The number of anilines is 1. The van der Waals surface area contributed by atoms with Gasteiger partial charge in [-0.25, -0.2) is 22.0 Å². The van der Waals surface area contributed by atoms with Crippen molar-refractivity contribution in [1.29, 1.82) is 0 Å². The highest BCUT2D eigenvalue weighted by Gasteiger charge is 2.37. The van der Waals surface area contributed by atoms with Gasteiger partial charge >= 0.3 is 0 Å². The lowest BCUT2D eigenvalue weighted by atomic mass is 10.1. The Hall–Kier alpha value is -2.50. The van der Waals surface area contributed by atoms with Gasteiger partial charge in [0.1, 0.15) is 11.4 Å². The number of halogens is 6. The summed E-state index contributed by atoms with van der Waals surface area (Å²) in [4.78, 5) is 12.6. The van der Waals surface area contributed by atoms with Gasteiger partial charge in [0.25, 0.3) is 5.91 Å². The molecule has 1 aliphatic heterocycles. The topological polar surface area (TPSA) is 41.9 Å². The predicted octanol–water partition coefficient (Wildman–Crippen LogP) is 5.19. The number of hydrazone groups is 1. The van der Waals surface area contributed by atoms with Gasteiger partial charge in [-0.05, 0) is 60.2 Å². The van der Waals surface area contributed by atoms with Crippen molar-refractivity contribution in [3.63, 3.8) is 0 Å². The summed E-state index contributed by atoms with van der Waals surface area (Å²) < 4.78 is 74.6. The summed E-state index contributed by atoms with van der Waals surface area (Å²) in [5.41, 5.74) is -0.845. The summed E-state index contributed by atoms with van der Waals surface area (Å²) in [5, 5.41) is 3.87. The standard InChI is InChI=1S/C19H12F5IN2O2/c1-3-29-12-5-4-9(7-11(12)25)6-10-8(2)26-27(19(10)28)18-16(23)14(21)13(20)15(22)17(18)24/h4-7H,3H2,1-2H3/b10-6+. The van der Waals surface area contributed by atoms with Crippen LogP contribution in [0.3, 0.4) is 0 Å². The Labute approximate surface area is 175 Å². The molecule has 0 saturated heterocycles. The van der Waals surface area contributed by atoms with Crippen LogP contribution >= 0.6 is 22.6 Å². The fraction of sp³-hybridized carbons (Fsp3) is 0.158. The summed E-state index contributed by atoms with van der Waals surface area (Å²) in [6.45, 7) is 3.68. The summed E-state index contributed by atoms with van der Waals surface area (Å²) in [6, 6.07) is 5.05. The zero-order valence-corrected chi connectivity index (χ0v) is 17.2. The molecule has 10 heteroatoms. The van der Waals surface area contributed by atoms with Crippen molar-refractivity contribution in [3.05, 3.63) is 62.0 Å². The monoisotopic (exact) mass is 522 g/mol. The van der Waals surface area contributed by atoms with E-state index in [4.69, 9.17) is 4.74 Å². The van der Waals surface area contributed by atoms with E-state index in [1.165, 1.54) is 13.0 Å². The van der Waals surface area contributed by atoms with Crippen LogP contribution in [0.4, 0.5) is 27.6 Å². The maximum absolute atomic E-state index is 14.1. The lowest BCUT2D eigenvalue weighted by Crippen LogP contribution is -2.25. The van der Waals surface area contributed by atoms with E-state index < -0.39 is 40.7 Å². The van der Waals surface area contributed by atoms with E-state index in [1.54, 1.807) is 18.2 Å². The molecule has 0 spiro atoms.